The molecule has 0 atom stereocenters. The molecule has 1 saturated carbocycles. The molecule has 12 heteroatoms. The Kier molecular flexibility index (Phi) is 4.12. The summed E-state index contributed by atoms with van der Waals surface area (Å²) >= 11 is 0.818. The number of halogens is 3. The highest BCUT2D eigenvalue weighted by Crippen LogP contribution is 2.53. The molecule has 0 unspecified atom stereocenters. The molecule has 1 aromatic rings. The zero-order chi connectivity index (χ0) is 20.4. The molecule has 4 aliphatic rings. The molecule has 0 aromatic carbocycles. The Morgan fingerprint density at radius 1 is 1.24 bits per heavy atom. The predicted molar refractivity (Wildman–Crippen MR) is 94.0 cm³/mol. The monoisotopic (exact) mass is 431 g/mol. The van der Waals surface area contributed by atoms with Gasteiger partial charge in [-0.05, 0) is 30.3 Å². The summed E-state index contributed by atoms with van der Waals surface area (Å²) in [6, 6.07) is -0.0246. The lowest BCUT2D eigenvalue weighted by Crippen LogP contribution is -2.78. The molecular weight excluding hydrogens is 411 g/mol. The van der Waals surface area contributed by atoms with E-state index in [9.17, 15) is 22.8 Å². The maximum absolute atomic E-state index is 12.6. The Hall–Kier alpha value is -1.95. The number of hydrogen-bond acceptors (Lipinski definition) is 6. The fourth-order valence-electron chi connectivity index (χ4n) is 5.06. The van der Waals surface area contributed by atoms with Crippen molar-refractivity contribution in [3.63, 3.8) is 0 Å². The number of nitrogens with one attached hydrogen (secondary N) is 1. The van der Waals surface area contributed by atoms with Crippen LogP contribution in [0.1, 0.15) is 23.7 Å². The lowest BCUT2D eigenvalue weighted by molar-refractivity contribution is -0.144. The summed E-state index contributed by atoms with van der Waals surface area (Å²) in [7, 11) is 0. The summed E-state index contributed by atoms with van der Waals surface area (Å²) in [5.74, 6) is -0.911. The minimum Gasteiger partial charge on any atom is -0.369 e. The second kappa shape index (κ2) is 6.27. The van der Waals surface area contributed by atoms with Crippen molar-refractivity contribution in [1.29, 1.82) is 0 Å². The van der Waals surface area contributed by atoms with E-state index in [1.165, 1.54) is 0 Å². The third-order valence-electron chi connectivity index (χ3n) is 6.23. The van der Waals surface area contributed by atoms with Gasteiger partial charge in [0, 0.05) is 38.0 Å². The van der Waals surface area contributed by atoms with Gasteiger partial charge in [-0.3, -0.25) is 4.79 Å². The molecule has 0 radical (unpaired) electrons. The minimum absolute atomic E-state index is 0.0246. The summed E-state index contributed by atoms with van der Waals surface area (Å²) < 4.78 is 46.4. The molecule has 158 valence electrons. The Morgan fingerprint density at radius 2 is 1.93 bits per heavy atom. The first-order chi connectivity index (χ1) is 13.7. The van der Waals surface area contributed by atoms with Crippen molar-refractivity contribution in [1.82, 2.24) is 24.5 Å². The normalized spacial score (nSPS) is 25.4. The highest BCUT2D eigenvalue weighted by atomic mass is 32.1. The number of carbonyl (C=O) groups excluding carboxylic acids is 2. The summed E-state index contributed by atoms with van der Waals surface area (Å²) in [6.07, 6.45) is -2.19. The van der Waals surface area contributed by atoms with Crippen LogP contribution in [0.5, 0.6) is 0 Å². The van der Waals surface area contributed by atoms with E-state index in [0.29, 0.717) is 50.1 Å². The quantitative estimate of drug-likeness (QED) is 0.759. The van der Waals surface area contributed by atoms with Crippen LogP contribution >= 0.6 is 11.5 Å². The molecule has 1 N–H and O–H groups in total. The summed E-state index contributed by atoms with van der Waals surface area (Å²) in [5.41, 5.74) is -0.339. The SMILES string of the molecule is O=C1COCC2(CN(C(=O)N3CC4(CC(Cc5nc(C(F)(F)F)ns5)C4)C3)C2)N1. The van der Waals surface area contributed by atoms with Crippen LogP contribution in [0.25, 0.3) is 0 Å². The van der Waals surface area contributed by atoms with E-state index >= 15 is 0 Å². The Balaban J connectivity index is 1.06. The number of rotatable bonds is 2. The first-order valence-corrected chi connectivity index (χ1v) is 10.3. The van der Waals surface area contributed by atoms with Crippen molar-refractivity contribution in [2.24, 2.45) is 11.3 Å². The van der Waals surface area contributed by atoms with E-state index in [0.717, 1.165) is 24.4 Å². The number of aromatic nitrogens is 2. The first kappa shape index (κ1) is 19.0. The van der Waals surface area contributed by atoms with E-state index in [1.54, 1.807) is 9.80 Å². The number of amides is 3. The van der Waals surface area contributed by atoms with Crippen LogP contribution < -0.4 is 5.32 Å². The molecule has 4 heterocycles. The highest BCUT2D eigenvalue weighted by Gasteiger charge is 2.56. The largest absolute Gasteiger partial charge is 0.452 e. The van der Waals surface area contributed by atoms with Gasteiger partial charge in [-0.15, -0.1) is 0 Å². The Bertz CT molecular complexity index is 840. The molecular formula is C17H20F3N5O3S. The second-order valence-corrected chi connectivity index (χ2v) is 9.64. The van der Waals surface area contributed by atoms with Crippen LogP contribution in [0.3, 0.4) is 0 Å². The number of likely N-dealkylation sites (tertiary alicyclic amines) is 2. The summed E-state index contributed by atoms with van der Waals surface area (Å²) in [4.78, 5) is 31.2. The van der Waals surface area contributed by atoms with Crippen LogP contribution in [-0.2, 0) is 22.1 Å². The molecule has 5 rings (SSSR count). The first-order valence-electron chi connectivity index (χ1n) is 9.48. The third kappa shape index (κ3) is 3.35. The number of hydrogen-bond donors (Lipinski definition) is 1. The predicted octanol–water partition coefficient (Wildman–Crippen LogP) is 1.13. The second-order valence-electron chi connectivity index (χ2n) is 8.80. The number of ether oxygens (including phenoxy) is 1. The molecule has 2 spiro atoms. The fourth-order valence-corrected chi connectivity index (χ4v) is 5.84. The van der Waals surface area contributed by atoms with Gasteiger partial charge in [0.25, 0.3) is 0 Å². The lowest BCUT2D eigenvalue weighted by Gasteiger charge is -2.61. The van der Waals surface area contributed by atoms with Crippen LogP contribution in [0, 0.1) is 11.3 Å². The average Bonchev–Trinajstić information content (AvgIpc) is 3.02. The van der Waals surface area contributed by atoms with E-state index in [1.807, 2.05) is 0 Å². The molecule has 3 aliphatic heterocycles. The molecule has 3 amide bonds. The maximum Gasteiger partial charge on any atom is 0.452 e. The summed E-state index contributed by atoms with van der Waals surface area (Å²) in [6.45, 7) is 2.78. The van der Waals surface area contributed by atoms with Crippen molar-refractivity contribution in [2.75, 3.05) is 39.4 Å². The molecule has 1 aromatic heterocycles. The van der Waals surface area contributed by atoms with Gasteiger partial charge in [-0.1, -0.05) is 0 Å². The van der Waals surface area contributed by atoms with Gasteiger partial charge in [0.1, 0.15) is 11.6 Å². The lowest BCUT2D eigenvalue weighted by atomic mass is 9.57. The zero-order valence-corrected chi connectivity index (χ0v) is 16.3. The van der Waals surface area contributed by atoms with Gasteiger partial charge in [-0.2, -0.15) is 17.5 Å². The van der Waals surface area contributed by atoms with E-state index in [2.05, 4.69) is 14.7 Å². The minimum atomic E-state index is -4.49. The van der Waals surface area contributed by atoms with Crippen LogP contribution in [0.4, 0.5) is 18.0 Å². The maximum atomic E-state index is 12.6. The van der Waals surface area contributed by atoms with Crippen LogP contribution in [-0.4, -0.2) is 76.0 Å². The van der Waals surface area contributed by atoms with E-state index in [-0.39, 0.29) is 24.0 Å². The number of alkyl halides is 3. The third-order valence-corrected chi connectivity index (χ3v) is 6.96. The topological polar surface area (TPSA) is 87.7 Å². The smallest absolute Gasteiger partial charge is 0.369 e. The van der Waals surface area contributed by atoms with E-state index < -0.39 is 17.5 Å². The molecule has 4 fully saturated rings. The van der Waals surface area contributed by atoms with Gasteiger partial charge < -0.3 is 19.9 Å². The van der Waals surface area contributed by atoms with Crippen molar-refractivity contribution >= 4 is 23.5 Å². The van der Waals surface area contributed by atoms with Crippen LogP contribution in [0.2, 0.25) is 0 Å². The van der Waals surface area contributed by atoms with Crippen molar-refractivity contribution in [2.45, 2.75) is 31.0 Å². The highest BCUT2D eigenvalue weighted by molar-refractivity contribution is 7.05. The number of carbonyl (C=O) groups is 2. The van der Waals surface area contributed by atoms with Gasteiger partial charge in [0.2, 0.25) is 11.7 Å². The molecule has 8 nitrogen and oxygen atoms in total. The van der Waals surface area contributed by atoms with E-state index in [4.69, 9.17) is 4.74 Å². The average molecular weight is 431 g/mol. The molecule has 29 heavy (non-hydrogen) atoms. The van der Waals surface area contributed by atoms with Crippen molar-refractivity contribution < 1.29 is 27.5 Å². The Labute approximate surface area is 168 Å². The zero-order valence-electron chi connectivity index (χ0n) is 15.5. The number of morpholine rings is 1. The van der Waals surface area contributed by atoms with Crippen molar-refractivity contribution in [3.05, 3.63) is 10.8 Å². The molecule has 1 aliphatic carbocycles. The number of nitrogens with zero attached hydrogens (tertiary/aromatic N) is 4. The fraction of sp³-hybridized carbons (Fsp3) is 0.765. The Morgan fingerprint density at radius 3 is 2.55 bits per heavy atom. The standard InChI is InChI=1S/C17H20F3N5O3S/c18-17(19,20)13-21-12(29-23-13)1-10-2-15(3-10)5-24(6-15)14(27)25-7-16(8-25)9-28-4-11(26)22-16/h10H,1-9H2,(H,22,26). The van der Waals surface area contributed by atoms with Gasteiger partial charge in [0.05, 0.1) is 12.1 Å². The number of urea groups is 1. The van der Waals surface area contributed by atoms with Gasteiger partial charge in [-0.25, -0.2) is 9.78 Å². The van der Waals surface area contributed by atoms with Gasteiger partial charge in [0.15, 0.2) is 0 Å². The van der Waals surface area contributed by atoms with Crippen molar-refractivity contribution in [3.8, 4) is 0 Å². The molecule has 3 saturated heterocycles. The summed E-state index contributed by atoms with van der Waals surface area (Å²) in [5, 5.41) is 3.33. The van der Waals surface area contributed by atoms with Gasteiger partial charge >= 0.3 is 12.2 Å². The van der Waals surface area contributed by atoms with Crippen LogP contribution in [0.15, 0.2) is 0 Å². The molecule has 0 bridgehead atoms.